The minimum absolute atomic E-state index is 0.134. The van der Waals surface area contributed by atoms with Gasteiger partial charge in [-0.1, -0.05) is 19.1 Å². The molecule has 1 aromatic carbocycles. The van der Waals surface area contributed by atoms with Gasteiger partial charge in [0.05, 0.1) is 4.47 Å². The average Bonchev–Trinajstić information content (AvgIpc) is 1.95. The summed E-state index contributed by atoms with van der Waals surface area (Å²) in [6.07, 6.45) is 0.741. The molecular weight excluding hydrogens is 195 g/mol. The highest BCUT2D eigenvalue weighted by Crippen LogP contribution is 2.18. The van der Waals surface area contributed by atoms with Crippen LogP contribution in [0, 0.1) is 5.82 Å². The average molecular weight is 203 g/mol. The molecule has 0 fully saturated rings. The number of rotatable bonds is 1. The van der Waals surface area contributed by atoms with Crippen molar-refractivity contribution in [3.8, 4) is 0 Å². The molecule has 0 saturated heterocycles. The van der Waals surface area contributed by atoms with Gasteiger partial charge in [0.25, 0.3) is 0 Å². The highest BCUT2D eigenvalue weighted by Gasteiger charge is 2.01. The monoisotopic (exact) mass is 202 g/mol. The Morgan fingerprint density at radius 3 is 2.70 bits per heavy atom. The lowest BCUT2D eigenvalue weighted by Crippen LogP contribution is -1.86. The van der Waals surface area contributed by atoms with Crippen molar-refractivity contribution >= 4 is 15.9 Å². The molecular formula is C8H8BrF. The van der Waals surface area contributed by atoms with Crippen LogP contribution in [0.3, 0.4) is 0 Å². The van der Waals surface area contributed by atoms with Crippen LogP contribution in [0.2, 0.25) is 0 Å². The van der Waals surface area contributed by atoms with Gasteiger partial charge < -0.3 is 0 Å². The van der Waals surface area contributed by atoms with E-state index in [1.54, 1.807) is 12.1 Å². The zero-order valence-electron chi connectivity index (χ0n) is 5.70. The summed E-state index contributed by atoms with van der Waals surface area (Å²) in [4.78, 5) is 0. The Balaban J connectivity index is 3.14. The van der Waals surface area contributed by atoms with Crippen molar-refractivity contribution in [2.24, 2.45) is 0 Å². The summed E-state index contributed by atoms with van der Waals surface area (Å²) in [5.74, 6) is -0.134. The van der Waals surface area contributed by atoms with E-state index in [-0.39, 0.29) is 5.82 Å². The van der Waals surface area contributed by atoms with Crippen molar-refractivity contribution in [1.82, 2.24) is 0 Å². The van der Waals surface area contributed by atoms with Gasteiger partial charge in [-0.25, -0.2) is 4.39 Å². The van der Waals surface area contributed by atoms with E-state index in [0.717, 1.165) is 12.0 Å². The van der Waals surface area contributed by atoms with Gasteiger partial charge in [-0.3, -0.25) is 0 Å². The molecule has 1 aromatic rings. The second-order valence-corrected chi connectivity index (χ2v) is 2.92. The molecule has 10 heavy (non-hydrogen) atoms. The lowest BCUT2D eigenvalue weighted by Gasteiger charge is -1.99. The fourth-order valence-electron chi connectivity index (χ4n) is 0.822. The standard InChI is InChI=1S/C8H8BrF/c1-2-6-4-3-5-7(9)8(6)10/h3-5H,2H2,1H3. The molecule has 0 saturated carbocycles. The first-order valence-corrected chi connectivity index (χ1v) is 3.98. The van der Waals surface area contributed by atoms with Crippen LogP contribution in [0.1, 0.15) is 12.5 Å². The van der Waals surface area contributed by atoms with Gasteiger partial charge in [0, 0.05) is 0 Å². The summed E-state index contributed by atoms with van der Waals surface area (Å²) >= 11 is 3.11. The molecule has 54 valence electrons. The van der Waals surface area contributed by atoms with E-state index in [4.69, 9.17) is 0 Å². The van der Waals surface area contributed by atoms with Crippen molar-refractivity contribution in [3.63, 3.8) is 0 Å². The van der Waals surface area contributed by atoms with Gasteiger partial charge in [0.1, 0.15) is 5.82 Å². The summed E-state index contributed by atoms with van der Waals surface area (Å²) in [6, 6.07) is 5.33. The SMILES string of the molecule is CCc1cccc(Br)c1F. The second-order valence-electron chi connectivity index (χ2n) is 2.07. The van der Waals surface area contributed by atoms with E-state index in [2.05, 4.69) is 15.9 Å². The Morgan fingerprint density at radius 2 is 2.20 bits per heavy atom. The van der Waals surface area contributed by atoms with Crippen LogP contribution in [-0.4, -0.2) is 0 Å². The molecule has 0 aliphatic carbocycles. The van der Waals surface area contributed by atoms with Gasteiger partial charge >= 0.3 is 0 Å². The van der Waals surface area contributed by atoms with E-state index in [0.29, 0.717) is 4.47 Å². The number of hydrogen-bond donors (Lipinski definition) is 0. The van der Waals surface area contributed by atoms with Crippen molar-refractivity contribution in [1.29, 1.82) is 0 Å². The largest absolute Gasteiger partial charge is 0.205 e. The molecule has 0 N–H and O–H groups in total. The highest BCUT2D eigenvalue weighted by molar-refractivity contribution is 9.10. The van der Waals surface area contributed by atoms with Crippen LogP contribution >= 0.6 is 15.9 Å². The third-order valence-corrected chi connectivity index (χ3v) is 2.02. The van der Waals surface area contributed by atoms with Crippen LogP contribution in [0.5, 0.6) is 0 Å². The van der Waals surface area contributed by atoms with E-state index < -0.39 is 0 Å². The molecule has 0 aliphatic heterocycles. The summed E-state index contributed by atoms with van der Waals surface area (Å²) in [5, 5.41) is 0. The summed E-state index contributed by atoms with van der Waals surface area (Å²) in [6.45, 7) is 1.94. The first kappa shape index (κ1) is 7.73. The molecule has 0 amide bonds. The zero-order chi connectivity index (χ0) is 7.56. The summed E-state index contributed by atoms with van der Waals surface area (Å²) in [7, 11) is 0. The number of halogens is 2. The van der Waals surface area contributed by atoms with Crippen molar-refractivity contribution in [3.05, 3.63) is 34.1 Å². The summed E-state index contributed by atoms with van der Waals surface area (Å²) < 4.78 is 13.5. The first-order chi connectivity index (χ1) is 4.75. The molecule has 0 unspecified atom stereocenters. The fourth-order valence-corrected chi connectivity index (χ4v) is 1.23. The van der Waals surface area contributed by atoms with Crippen LogP contribution in [-0.2, 0) is 6.42 Å². The van der Waals surface area contributed by atoms with Crippen LogP contribution in [0.4, 0.5) is 4.39 Å². The third kappa shape index (κ3) is 1.37. The molecule has 0 spiro atoms. The normalized spacial score (nSPS) is 9.90. The number of aryl methyl sites for hydroxylation is 1. The quantitative estimate of drug-likeness (QED) is 0.657. The molecule has 0 aromatic heterocycles. The minimum atomic E-state index is -0.134. The van der Waals surface area contributed by atoms with Crippen LogP contribution in [0.25, 0.3) is 0 Å². The predicted octanol–water partition coefficient (Wildman–Crippen LogP) is 3.15. The topological polar surface area (TPSA) is 0 Å². The molecule has 0 nitrogen and oxygen atoms in total. The lowest BCUT2D eigenvalue weighted by molar-refractivity contribution is 0.605. The molecule has 0 aliphatic rings. The Bertz CT molecular complexity index is 233. The summed E-state index contributed by atoms with van der Waals surface area (Å²) in [5.41, 5.74) is 0.759. The maximum absolute atomic E-state index is 13.0. The van der Waals surface area contributed by atoms with Gasteiger partial charge in [-0.05, 0) is 34.0 Å². The smallest absolute Gasteiger partial charge is 0.140 e. The highest BCUT2D eigenvalue weighted by atomic mass is 79.9. The van der Waals surface area contributed by atoms with Gasteiger partial charge in [0.2, 0.25) is 0 Å². The third-order valence-electron chi connectivity index (χ3n) is 1.41. The van der Waals surface area contributed by atoms with Crippen LogP contribution < -0.4 is 0 Å². The number of hydrogen-bond acceptors (Lipinski definition) is 0. The number of benzene rings is 1. The van der Waals surface area contributed by atoms with E-state index >= 15 is 0 Å². The molecule has 0 atom stereocenters. The van der Waals surface area contributed by atoms with Gasteiger partial charge in [0.15, 0.2) is 0 Å². The van der Waals surface area contributed by atoms with Crippen molar-refractivity contribution in [2.45, 2.75) is 13.3 Å². The van der Waals surface area contributed by atoms with E-state index in [1.165, 1.54) is 0 Å². The van der Waals surface area contributed by atoms with Crippen molar-refractivity contribution in [2.75, 3.05) is 0 Å². The van der Waals surface area contributed by atoms with Gasteiger partial charge in [-0.2, -0.15) is 0 Å². The predicted molar refractivity (Wildman–Crippen MR) is 43.5 cm³/mol. The van der Waals surface area contributed by atoms with Crippen LogP contribution in [0.15, 0.2) is 22.7 Å². The minimum Gasteiger partial charge on any atom is -0.205 e. The molecule has 2 heteroatoms. The van der Waals surface area contributed by atoms with E-state index in [1.807, 2.05) is 13.0 Å². The molecule has 0 heterocycles. The zero-order valence-corrected chi connectivity index (χ0v) is 7.28. The molecule has 0 radical (unpaired) electrons. The molecule has 0 bridgehead atoms. The Labute approximate surface area is 68.2 Å². The van der Waals surface area contributed by atoms with Crippen molar-refractivity contribution < 1.29 is 4.39 Å². The maximum Gasteiger partial charge on any atom is 0.140 e. The van der Waals surface area contributed by atoms with E-state index in [9.17, 15) is 4.39 Å². The lowest BCUT2D eigenvalue weighted by atomic mass is 10.2. The molecule has 1 rings (SSSR count). The first-order valence-electron chi connectivity index (χ1n) is 3.18. The Morgan fingerprint density at radius 1 is 1.50 bits per heavy atom. The maximum atomic E-state index is 13.0. The second kappa shape index (κ2) is 3.15. The van der Waals surface area contributed by atoms with Gasteiger partial charge in [-0.15, -0.1) is 0 Å². The Kier molecular flexibility index (Phi) is 2.44. The Hall–Kier alpha value is -0.370. The fraction of sp³-hybridized carbons (Fsp3) is 0.250.